The van der Waals surface area contributed by atoms with Crippen molar-refractivity contribution >= 4 is 11.3 Å². The quantitative estimate of drug-likeness (QED) is 0.813. The van der Waals surface area contributed by atoms with Crippen molar-refractivity contribution in [3.05, 3.63) is 10.0 Å². The Balaban J connectivity index is 2.58. The summed E-state index contributed by atoms with van der Waals surface area (Å²) in [6.45, 7) is 7.64. The molecule has 0 aliphatic heterocycles. The van der Waals surface area contributed by atoms with Gasteiger partial charge in [-0.05, 0) is 13.0 Å². The summed E-state index contributed by atoms with van der Waals surface area (Å²) in [7, 11) is 1.96. The molecular weight excluding hydrogens is 194 g/mol. The molecule has 0 spiro atoms. The van der Waals surface area contributed by atoms with Crippen LogP contribution >= 0.6 is 11.3 Å². The monoisotopic (exact) mass is 213 g/mol. The molecule has 0 fully saturated rings. The SMILES string of the molecule is CNCCc1nnc(C(C)C(C)C)s1. The average molecular weight is 213 g/mol. The van der Waals surface area contributed by atoms with E-state index in [1.54, 1.807) is 11.3 Å². The Morgan fingerprint density at radius 2 is 2.00 bits per heavy atom. The maximum Gasteiger partial charge on any atom is 0.120 e. The number of hydrogen-bond donors (Lipinski definition) is 1. The topological polar surface area (TPSA) is 37.8 Å². The van der Waals surface area contributed by atoms with Crippen LogP contribution in [-0.2, 0) is 6.42 Å². The van der Waals surface area contributed by atoms with Crippen molar-refractivity contribution in [2.24, 2.45) is 5.92 Å². The largest absolute Gasteiger partial charge is 0.319 e. The molecule has 1 atom stereocenters. The lowest BCUT2D eigenvalue weighted by atomic mass is 9.99. The van der Waals surface area contributed by atoms with Crippen LogP contribution in [-0.4, -0.2) is 23.8 Å². The van der Waals surface area contributed by atoms with Gasteiger partial charge >= 0.3 is 0 Å². The molecule has 0 saturated heterocycles. The van der Waals surface area contributed by atoms with Crippen LogP contribution in [0.4, 0.5) is 0 Å². The van der Waals surface area contributed by atoms with Crippen LogP contribution in [0.15, 0.2) is 0 Å². The first kappa shape index (κ1) is 11.6. The van der Waals surface area contributed by atoms with Crippen LogP contribution in [0.3, 0.4) is 0 Å². The lowest BCUT2D eigenvalue weighted by molar-refractivity contribution is 0.529. The molecule has 0 aromatic carbocycles. The van der Waals surface area contributed by atoms with E-state index in [2.05, 4.69) is 36.3 Å². The highest BCUT2D eigenvalue weighted by atomic mass is 32.1. The Morgan fingerprint density at radius 1 is 1.29 bits per heavy atom. The number of hydrogen-bond acceptors (Lipinski definition) is 4. The molecule has 3 nitrogen and oxygen atoms in total. The van der Waals surface area contributed by atoms with Gasteiger partial charge in [0.05, 0.1) is 0 Å². The maximum absolute atomic E-state index is 4.23. The highest BCUT2D eigenvalue weighted by molar-refractivity contribution is 7.11. The van der Waals surface area contributed by atoms with Crippen LogP contribution in [0.25, 0.3) is 0 Å². The molecule has 1 aromatic rings. The van der Waals surface area contributed by atoms with Gasteiger partial charge < -0.3 is 5.32 Å². The highest BCUT2D eigenvalue weighted by Crippen LogP contribution is 2.26. The minimum atomic E-state index is 0.524. The van der Waals surface area contributed by atoms with E-state index in [-0.39, 0.29) is 0 Å². The van der Waals surface area contributed by atoms with Gasteiger partial charge in [-0.15, -0.1) is 21.5 Å². The summed E-state index contributed by atoms with van der Waals surface area (Å²) in [5.41, 5.74) is 0. The van der Waals surface area contributed by atoms with Gasteiger partial charge in [0, 0.05) is 18.9 Å². The normalized spacial score (nSPS) is 13.5. The third-order valence-electron chi connectivity index (χ3n) is 2.46. The van der Waals surface area contributed by atoms with E-state index in [0.717, 1.165) is 18.0 Å². The van der Waals surface area contributed by atoms with Crippen molar-refractivity contribution in [2.45, 2.75) is 33.1 Å². The van der Waals surface area contributed by atoms with Crippen LogP contribution < -0.4 is 5.32 Å². The Kier molecular flexibility index (Phi) is 4.48. The van der Waals surface area contributed by atoms with E-state index in [4.69, 9.17) is 0 Å². The summed E-state index contributed by atoms with van der Waals surface area (Å²) < 4.78 is 0. The zero-order chi connectivity index (χ0) is 10.6. The molecule has 1 unspecified atom stereocenters. The molecule has 1 aromatic heterocycles. The number of likely N-dealkylation sites (N-methyl/N-ethyl adjacent to an activating group) is 1. The van der Waals surface area contributed by atoms with Gasteiger partial charge in [0.25, 0.3) is 0 Å². The fourth-order valence-electron chi connectivity index (χ4n) is 1.07. The first-order valence-electron chi connectivity index (χ1n) is 5.12. The minimum Gasteiger partial charge on any atom is -0.319 e. The molecule has 4 heteroatoms. The van der Waals surface area contributed by atoms with Crippen LogP contribution in [0.2, 0.25) is 0 Å². The van der Waals surface area contributed by atoms with E-state index in [1.165, 1.54) is 5.01 Å². The zero-order valence-electron chi connectivity index (χ0n) is 9.37. The summed E-state index contributed by atoms with van der Waals surface area (Å²) in [6, 6.07) is 0. The van der Waals surface area contributed by atoms with Gasteiger partial charge in [0.15, 0.2) is 0 Å². The summed E-state index contributed by atoms with van der Waals surface area (Å²) in [4.78, 5) is 0. The van der Waals surface area contributed by atoms with E-state index >= 15 is 0 Å². The van der Waals surface area contributed by atoms with Crippen molar-refractivity contribution in [1.29, 1.82) is 0 Å². The standard InChI is InChI=1S/C10H19N3S/c1-7(2)8(3)10-13-12-9(14-10)5-6-11-4/h7-8,11H,5-6H2,1-4H3. The molecule has 0 saturated carbocycles. The van der Waals surface area contributed by atoms with Gasteiger partial charge in [-0.3, -0.25) is 0 Å². The minimum absolute atomic E-state index is 0.524. The van der Waals surface area contributed by atoms with Crippen molar-refractivity contribution in [2.75, 3.05) is 13.6 Å². The van der Waals surface area contributed by atoms with Crippen molar-refractivity contribution in [1.82, 2.24) is 15.5 Å². The molecule has 0 radical (unpaired) electrons. The molecule has 80 valence electrons. The molecule has 1 rings (SSSR count). The van der Waals surface area contributed by atoms with Crippen molar-refractivity contribution in [3.8, 4) is 0 Å². The Morgan fingerprint density at radius 3 is 2.57 bits per heavy atom. The number of nitrogens with zero attached hydrogens (tertiary/aromatic N) is 2. The molecule has 1 N–H and O–H groups in total. The van der Waals surface area contributed by atoms with Gasteiger partial charge in [0.1, 0.15) is 10.0 Å². The molecular formula is C10H19N3S. The summed E-state index contributed by atoms with van der Waals surface area (Å²) in [5, 5.41) is 13.8. The second-order valence-electron chi connectivity index (χ2n) is 3.92. The second kappa shape index (κ2) is 5.41. The first-order valence-corrected chi connectivity index (χ1v) is 5.93. The number of rotatable bonds is 5. The van der Waals surface area contributed by atoms with Gasteiger partial charge in [-0.1, -0.05) is 20.8 Å². The lowest BCUT2D eigenvalue weighted by Gasteiger charge is -2.10. The lowest BCUT2D eigenvalue weighted by Crippen LogP contribution is -2.09. The van der Waals surface area contributed by atoms with Gasteiger partial charge in [-0.25, -0.2) is 0 Å². The Bertz CT molecular complexity index is 270. The first-order chi connectivity index (χ1) is 6.65. The summed E-state index contributed by atoms with van der Waals surface area (Å²) in [5.74, 6) is 1.16. The summed E-state index contributed by atoms with van der Waals surface area (Å²) >= 11 is 1.75. The smallest absolute Gasteiger partial charge is 0.120 e. The van der Waals surface area contributed by atoms with Crippen LogP contribution in [0.1, 0.15) is 36.7 Å². The van der Waals surface area contributed by atoms with Crippen LogP contribution in [0, 0.1) is 5.92 Å². The number of aromatic nitrogens is 2. The fourth-order valence-corrected chi connectivity index (χ4v) is 2.14. The average Bonchev–Trinajstić information content (AvgIpc) is 2.61. The zero-order valence-corrected chi connectivity index (χ0v) is 10.2. The van der Waals surface area contributed by atoms with E-state index in [1.807, 2.05) is 7.05 Å². The third-order valence-corrected chi connectivity index (χ3v) is 3.64. The Labute approximate surface area is 89.9 Å². The fraction of sp³-hybridized carbons (Fsp3) is 0.800. The van der Waals surface area contributed by atoms with Gasteiger partial charge in [0.2, 0.25) is 0 Å². The predicted molar refractivity (Wildman–Crippen MR) is 60.8 cm³/mol. The summed E-state index contributed by atoms with van der Waals surface area (Å²) in [6.07, 6.45) is 0.985. The molecule has 1 heterocycles. The molecule has 0 aliphatic rings. The van der Waals surface area contributed by atoms with Crippen molar-refractivity contribution < 1.29 is 0 Å². The van der Waals surface area contributed by atoms with E-state index in [9.17, 15) is 0 Å². The van der Waals surface area contributed by atoms with Crippen molar-refractivity contribution in [3.63, 3.8) is 0 Å². The maximum atomic E-state index is 4.23. The molecule has 0 bridgehead atoms. The third kappa shape index (κ3) is 3.03. The highest BCUT2D eigenvalue weighted by Gasteiger charge is 2.14. The second-order valence-corrected chi connectivity index (χ2v) is 5.01. The predicted octanol–water partition coefficient (Wildman–Crippen LogP) is 2.06. The molecule has 0 amide bonds. The Hall–Kier alpha value is -0.480. The van der Waals surface area contributed by atoms with E-state index in [0.29, 0.717) is 11.8 Å². The molecule has 14 heavy (non-hydrogen) atoms. The number of nitrogens with one attached hydrogen (secondary N) is 1. The van der Waals surface area contributed by atoms with Gasteiger partial charge in [-0.2, -0.15) is 0 Å². The van der Waals surface area contributed by atoms with E-state index < -0.39 is 0 Å². The molecule has 0 aliphatic carbocycles. The van der Waals surface area contributed by atoms with Crippen LogP contribution in [0.5, 0.6) is 0 Å².